The fraction of sp³-hybridized carbons (Fsp3) is 0.111. The van der Waals surface area contributed by atoms with Crippen LogP contribution < -0.4 is 5.32 Å². The van der Waals surface area contributed by atoms with Crippen LogP contribution in [-0.2, 0) is 0 Å². The van der Waals surface area contributed by atoms with Gasteiger partial charge in [-0.25, -0.2) is 4.98 Å². The van der Waals surface area contributed by atoms with Crippen molar-refractivity contribution < 1.29 is 9.32 Å². The van der Waals surface area contributed by atoms with Crippen LogP contribution >= 0.6 is 11.6 Å². The molecule has 2 rings (SSSR count). The largest absolute Gasteiger partial charge is 0.351 e. The molecule has 0 spiro atoms. The Morgan fingerprint density at radius 1 is 1.50 bits per heavy atom. The molecule has 2 heterocycles. The van der Waals surface area contributed by atoms with Gasteiger partial charge in [0.15, 0.2) is 5.82 Å². The van der Waals surface area contributed by atoms with Crippen LogP contribution in [0.2, 0.25) is 5.15 Å². The summed E-state index contributed by atoms with van der Waals surface area (Å²) in [6.07, 6.45) is 2.75. The number of hydrogen-bond donors (Lipinski definition) is 1. The highest BCUT2D eigenvalue weighted by atomic mass is 35.5. The molecule has 0 saturated carbocycles. The molecule has 1 N–H and O–H groups in total. The van der Waals surface area contributed by atoms with Gasteiger partial charge in [0, 0.05) is 6.07 Å². The zero-order chi connectivity index (χ0) is 11.5. The molecule has 2 aromatic heterocycles. The summed E-state index contributed by atoms with van der Waals surface area (Å²) in [7, 11) is 0. The molecular formula is C9H7ClN4O2. The number of nitrogens with one attached hydrogen (secondary N) is 1. The Morgan fingerprint density at radius 2 is 2.31 bits per heavy atom. The first-order chi connectivity index (χ1) is 7.65. The summed E-state index contributed by atoms with van der Waals surface area (Å²) in [5, 5.41) is 6.28. The fourth-order valence-corrected chi connectivity index (χ4v) is 1.20. The van der Waals surface area contributed by atoms with Crippen LogP contribution in [0.25, 0.3) is 0 Å². The van der Waals surface area contributed by atoms with Crippen LogP contribution in [0.3, 0.4) is 0 Å². The maximum atomic E-state index is 11.6. The fourth-order valence-electron chi connectivity index (χ4n) is 1.05. The molecule has 0 unspecified atom stereocenters. The lowest BCUT2D eigenvalue weighted by Gasteiger charge is -2.00. The molecule has 0 fully saturated rings. The van der Waals surface area contributed by atoms with E-state index in [4.69, 9.17) is 16.1 Å². The van der Waals surface area contributed by atoms with Gasteiger partial charge in [0.2, 0.25) is 5.76 Å². The lowest BCUT2D eigenvalue weighted by Crippen LogP contribution is -2.12. The van der Waals surface area contributed by atoms with Crippen LogP contribution in [0.5, 0.6) is 0 Å². The molecule has 0 aliphatic carbocycles. The highest BCUT2D eigenvalue weighted by molar-refractivity contribution is 6.29. The second-order valence-electron chi connectivity index (χ2n) is 3.01. The van der Waals surface area contributed by atoms with Gasteiger partial charge in [0.25, 0.3) is 5.91 Å². The first-order valence-electron chi connectivity index (χ1n) is 4.37. The number of aromatic nitrogens is 3. The van der Waals surface area contributed by atoms with Gasteiger partial charge >= 0.3 is 0 Å². The highest BCUT2D eigenvalue weighted by Gasteiger charge is 2.12. The van der Waals surface area contributed by atoms with Crippen molar-refractivity contribution in [3.8, 4) is 0 Å². The van der Waals surface area contributed by atoms with E-state index < -0.39 is 5.91 Å². The number of hydrogen-bond acceptors (Lipinski definition) is 5. The maximum absolute atomic E-state index is 11.6. The predicted molar refractivity (Wildman–Crippen MR) is 56.2 cm³/mol. The van der Waals surface area contributed by atoms with Crippen molar-refractivity contribution in [1.29, 1.82) is 0 Å². The Labute approximate surface area is 95.6 Å². The number of aryl methyl sites for hydroxylation is 1. The minimum Gasteiger partial charge on any atom is -0.351 e. The van der Waals surface area contributed by atoms with Crippen LogP contribution in [0.1, 0.15) is 16.2 Å². The average molecular weight is 239 g/mol. The molecular weight excluding hydrogens is 232 g/mol. The van der Waals surface area contributed by atoms with Crippen molar-refractivity contribution in [3.63, 3.8) is 0 Å². The van der Waals surface area contributed by atoms with Crippen LogP contribution in [0.15, 0.2) is 23.0 Å². The Hall–Kier alpha value is -1.95. The lowest BCUT2D eigenvalue weighted by atomic mass is 10.4. The minimum absolute atomic E-state index is 0.110. The number of rotatable bonds is 2. The molecule has 6 nitrogen and oxygen atoms in total. The zero-order valence-electron chi connectivity index (χ0n) is 8.27. The topological polar surface area (TPSA) is 80.9 Å². The Bertz CT molecular complexity index is 526. The standard InChI is InChI=1S/C9H7ClN4O2/c1-5-2-6(16-14-5)9(15)13-8-4-11-3-7(10)12-8/h2-4H,1H3,(H,12,13,15). The van der Waals surface area contributed by atoms with Crippen LogP contribution in [0, 0.1) is 6.92 Å². The van der Waals surface area contributed by atoms with E-state index in [0.29, 0.717) is 5.69 Å². The van der Waals surface area contributed by atoms with Crippen LogP contribution in [0.4, 0.5) is 5.82 Å². The average Bonchev–Trinajstić information content (AvgIpc) is 2.65. The van der Waals surface area contributed by atoms with Gasteiger partial charge in [0.05, 0.1) is 18.1 Å². The van der Waals surface area contributed by atoms with Gasteiger partial charge < -0.3 is 9.84 Å². The summed E-state index contributed by atoms with van der Waals surface area (Å²) >= 11 is 5.62. The normalized spacial score (nSPS) is 10.1. The molecule has 0 saturated heterocycles. The Kier molecular flexibility index (Phi) is 2.82. The first kappa shape index (κ1) is 10.6. The molecule has 16 heavy (non-hydrogen) atoms. The quantitative estimate of drug-likeness (QED) is 0.861. The smallest absolute Gasteiger partial charge is 0.295 e. The number of anilines is 1. The summed E-state index contributed by atoms with van der Waals surface area (Å²) in [4.78, 5) is 19.2. The zero-order valence-corrected chi connectivity index (χ0v) is 9.02. The number of nitrogens with zero attached hydrogens (tertiary/aromatic N) is 3. The minimum atomic E-state index is -0.447. The molecule has 1 amide bonds. The van der Waals surface area contributed by atoms with Crippen LogP contribution in [-0.4, -0.2) is 21.0 Å². The number of carbonyl (C=O) groups excluding carboxylic acids is 1. The van der Waals surface area contributed by atoms with Gasteiger partial charge in [-0.05, 0) is 6.92 Å². The van der Waals surface area contributed by atoms with E-state index in [1.54, 1.807) is 6.92 Å². The highest BCUT2D eigenvalue weighted by Crippen LogP contribution is 2.09. The molecule has 7 heteroatoms. The van der Waals surface area contributed by atoms with Gasteiger partial charge in [-0.15, -0.1) is 0 Å². The summed E-state index contributed by atoms with van der Waals surface area (Å²) in [5.41, 5.74) is 0.627. The summed E-state index contributed by atoms with van der Waals surface area (Å²) in [5.74, 6) is -0.0806. The molecule has 2 aromatic rings. The molecule has 0 aliphatic rings. The second kappa shape index (κ2) is 4.28. The van der Waals surface area contributed by atoms with Crippen molar-refractivity contribution in [3.05, 3.63) is 35.1 Å². The number of amides is 1. The predicted octanol–water partition coefficient (Wildman–Crippen LogP) is 1.68. The Morgan fingerprint density at radius 3 is 2.94 bits per heavy atom. The number of carbonyl (C=O) groups is 1. The third-order valence-corrected chi connectivity index (χ3v) is 1.88. The van der Waals surface area contributed by atoms with E-state index in [0.717, 1.165) is 0 Å². The van der Waals surface area contributed by atoms with Crippen molar-refractivity contribution >= 4 is 23.3 Å². The third kappa shape index (κ3) is 2.34. The van der Waals surface area contributed by atoms with Crippen molar-refractivity contribution in [1.82, 2.24) is 15.1 Å². The molecule has 0 aromatic carbocycles. The summed E-state index contributed by atoms with van der Waals surface area (Å²) in [6.45, 7) is 1.72. The first-order valence-corrected chi connectivity index (χ1v) is 4.75. The SMILES string of the molecule is Cc1cc(C(=O)Nc2cncc(Cl)n2)on1. The van der Waals surface area contributed by atoms with E-state index >= 15 is 0 Å². The summed E-state index contributed by atoms with van der Waals surface area (Å²) < 4.78 is 4.79. The molecule has 82 valence electrons. The molecule has 0 radical (unpaired) electrons. The molecule has 0 bridgehead atoms. The van der Waals surface area contributed by atoms with E-state index in [9.17, 15) is 4.79 Å². The summed E-state index contributed by atoms with van der Waals surface area (Å²) in [6, 6.07) is 1.52. The third-order valence-electron chi connectivity index (χ3n) is 1.70. The lowest BCUT2D eigenvalue weighted by molar-refractivity contribution is 0.0987. The van der Waals surface area contributed by atoms with Gasteiger partial charge in [-0.3, -0.25) is 9.78 Å². The van der Waals surface area contributed by atoms with Gasteiger partial charge in [-0.2, -0.15) is 0 Å². The van der Waals surface area contributed by atoms with Crippen molar-refractivity contribution in [2.24, 2.45) is 0 Å². The van der Waals surface area contributed by atoms with E-state index in [1.165, 1.54) is 18.5 Å². The molecule has 0 atom stereocenters. The maximum Gasteiger partial charge on any atom is 0.295 e. The van der Waals surface area contributed by atoms with E-state index in [2.05, 4.69) is 20.4 Å². The van der Waals surface area contributed by atoms with E-state index in [1.807, 2.05) is 0 Å². The Balaban J connectivity index is 2.13. The molecule has 0 aliphatic heterocycles. The monoisotopic (exact) mass is 238 g/mol. The van der Waals surface area contributed by atoms with E-state index in [-0.39, 0.29) is 16.7 Å². The second-order valence-corrected chi connectivity index (χ2v) is 3.40. The van der Waals surface area contributed by atoms with Gasteiger partial charge in [0.1, 0.15) is 5.15 Å². The van der Waals surface area contributed by atoms with Gasteiger partial charge in [-0.1, -0.05) is 16.8 Å². The van der Waals surface area contributed by atoms with Crippen molar-refractivity contribution in [2.45, 2.75) is 6.92 Å². The number of halogens is 1. The van der Waals surface area contributed by atoms with Crippen molar-refractivity contribution in [2.75, 3.05) is 5.32 Å².